The number of piperidine rings is 1. The zero-order valence-electron chi connectivity index (χ0n) is 16.1. The Morgan fingerprint density at radius 1 is 0.833 bits per heavy atom. The number of benzene rings is 2. The molecule has 0 spiro atoms. The summed E-state index contributed by atoms with van der Waals surface area (Å²) in [4.78, 5) is -0.183. The van der Waals surface area contributed by atoms with Crippen LogP contribution < -0.4 is 14.2 Å². The Bertz CT molecular complexity index is 1160. The molecule has 0 bridgehead atoms. The van der Waals surface area contributed by atoms with E-state index in [0.29, 0.717) is 37.8 Å². The van der Waals surface area contributed by atoms with Gasteiger partial charge in [-0.15, -0.1) is 0 Å². The fourth-order valence-corrected chi connectivity index (χ4v) is 6.03. The summed E-state index contributed by atoms with van der Waals surface area (Å²) in [6, 6.07) is 7.72. The fraction of sp³-hybridized carbons (Fsp3) is 0.368. The van der Waals surface area contributed by atoms with Gasteiger partial charge in [-0.25, -0.2) is 16.8 Å². The van der Waals surface area contributed by atoms with Crippen molar-refractivity contribution in [1.29, 1.82) is 0 Å². The molecule has 1 fully saturated rings. The summed E-state index contributed by atoms with van der Waals surface area (Å²) >= 11 is 0. The van der Waals surface area contributed by atoms with Gasteiger partial charge in [-0.1, -0.05) is 6.42 Å². The average molecular weight is 455 g/mol. The van der Waals surface area contributed by atoms with Crippen molar-refractivity contribution in [1.82, 2.24) is 4.31 Å². The number of nitrogens with zero attached hydrogens (tertiary/aromatic N) is 1. The molecule has 1 saturated heterocycles. The van der Waals surface area contributed by atoms with Gasteiger partial charge in [0.1, 0.15) is 19.0 Å². The van der Waals surface area contributed by atoms with E-state index in [-0.39, 0.29) is 21.2 Å². The summed E-state index contributed by atoms with van der Waals surface area (Å²) in [5.41, 5.74) is -0.219. The van der Waals surface area contributed by atoms with Crippen LogP contribution in [0.4, 0.5) is 5.69 Å². The van der Waals surface area contributed by atoms with Gasteiger partial charge in [-0.3, -0.25) is 4.72 Å². The van der Waals surface area contributed by atoms with Crippen molar-refractivity contribution in [2.75, 3.05) is 31.0 Å². The molecule has 2 heterocycles. The number of fused-ring (bicyclic) bond motifs is 1. The van der Waals surface area contributed by atoms with Gasteiger partial charge in [-0.05, 0) is 43.2 Å². The molecule has 2 N–H and O–H groups in total. The topological polar surface area (TPSA) is 122 Å². The summed E-state index contributed by atoms with van der Waals surface area (Å²) in [5, 5.41) is 10.1. The summed E-state index contributed by atoms with van der Waals surface area (Å²) in [5.74, 6) is 0.362. The zero-order chi connectivity index (χ0) is 21.4. The number of ether oxygens (including phenoxy) is 2. The van der Waals surface area contributed by atoms with E-state index in [4.69, 9.17) is 9.47 Å². The second kappa shape index (κ2) is 7.97. The fourth-order valence-electron chi connectivity index (χ4n) is 3.41. The average Bonchev–Trinajstić information content (AvgIpc) is 2.75. The summed E-state index contributed by atoms with van der Waals surface area (Å²) < 4.78 is 65.9. The van der Waals surface area contributed by atoms with Crippen molar-refractivity contribution >= 4 is 25.7 Å². The van der Waals surface area contributed by atoms with Crippen LogP contribution in [0.5, 0.6) is 17.2 Å². The Balaban J connectivity index is 1.63. The standard InChI is InChI=1S/C19H22N2O7S2/c22-17-6-4-15(30(25,26)21-8-2-1-3-9-21)12-16(17)20-29(23,24)14-5-7-18-19(13-14)28-11-10-27-18/h4-7,12-13,20,22H,1-3,8-11H2. The van der Waals surface area contributed by atoms with E-state index in [9.17, 15) is 21.9 Å². The monoisotopic (exact) mass is 454 g/mol. The van der Waals surface area contributed by atoms with Gasteiger partial charge >= 0.3 is 0 Å². The first-order chi connectivity index (χ1) is 14.3. The minimum absolute atomic E-state index is 0.0814. The van der Waals surface area contributed by atoms with Crippen LogP contribution in [0.15, 0.2) is 46.2 Å². The van der Waals surface area contributed by atoms with Gasteiger partial charge in [0.15, 0.2) is 11.5 Å². The molecule has 11 heteroatoms. The molecule has 2 aliphatic rings. The molecule has 2 aromatic carbocycles. The van der Waals surface area contributed by atoms with Crippen molar-refractivity contribution < 1.29 is 31.4 Å². The Kier molecular flexibility index (Phi) is 5.51. The van der Waals surface area contributed by atoms with E-state index in [2.05, 4.69) is 4.72 Å². The van der Waals surface area contributed by atoms with Crippen LogP contribution in [-0.4, -0.2) is 52.6 Å². The van der Waals surface area contributed by atoms with Crippen molar-refractivity contribution in [2.45, 2.75) is 29.1 Å². The predicted octanol–water partition coefficient (Wildman–Crippen LogP) is 2.14. The Morgan fingerprint density at radius 3 is 2.23 bits per heavy atom. The molecule has 0 radical (unpaired) electrons. The van der Waals surface area contributed by atoms with E-state index >= 15 is 0 Å². The number of anilines is 1. The number of hydrogen-bond acceptors (Lipinski definition) is 7. The van der Waals surface area contributed by atoms with Crippen LogP contribution in [0, 0.1) is 0 Å². The number of phenols is 1. The third-order valence-electron chi connectivity index (χ3n) is 4.99. The first kappa shape index (κ1) is 20.8. The maximum atomic E-state index is 12.9. The van der Waals surface area contributed by atoms with Gasteiger partial charge in [0.2, 0.25) is 10.0 Å². The van der Waals surface area contributed by atoms with Crippen LogP contribution in [0.25, 0.3) is 0 Å². The van der Waals surface area contributed by atoms with Crippen LogP contribution >= 0.6 is 0 Å². The molecule has 0 amide bonds. The predicted molar refractivity (Wildman–Crippen MR) is 109 cm³/mol. The number of hydrogen-bond donors (Lipinski definition) is 2. The van der Waals surface area contributed by atoms with E-state index in [1.165, 1.54) is 34.6 Å². The van der Waals surface area contributed by atoms with E-state index in [1.807, 2.05) is 0 Å². The van der Waals surface area contributed by atoms with Crippen molar-refractivity contribution in [3.8, 4) is 17.2 Å². The molecular formula is C19H22N2O7S2. The molecule has 0 aromatic heterocycles. The van der Waals surface area contributed by atoms with Crippen molar-refractivity contribution in [3.63, 3.8) is 0 Å². The van der Waals surface area contributed by atoms with Gasteiger partial charge in [-0.2, -0.15) is 4.31 Å². The minimum Gasteiger partial charge on any atom is -0.506 e. The second-order valence-electron chi connectivity index (χ2n) is 7.05. The highest BCUT2D eigenvalue weighted by atomic mass is 32.2. The third kappa shape index (κ3) is 4.05. The smallest absolute Gasteiger partial charge is 0.262 e. The van der Waals surface area contributed by atoms with E-state index in [1.54, 1.807) is 0 Å². The lowest BCUT2D eigenvalue weighted by Gasteiger charge is -2.26. The molecule has 0 aliphatic carbocycles. The van der Waals surface area contributed by atoms with Crippen LogP contribution in [-0.2, 0) is 20.0 Å². The molecule has 0 unspecified atom stereocenters. The van der Waals surface area contributed by atoms with Gasteiger partial charge < -0.3 is 14.6 Å². The largest absolute Gasteiger partial charge is 0.506 e. The molecule has 0 atom stereocenters. The lowest BCUT2D eigenvalue weighted by atomic mass is 10.2. The van der Waals surface area contributed by atoms with Crippen LogP contribution in [0.1, 0.15) is 19.3 Å². The first-order valence-electron chi connectivity index (χ1n) is 9.53. The number of sulfonamides is 2. The number of aromatic hydroxyl groups is 1. The molecule has 0 saturated carbocycles. The molecule has 30 heavy (non-hydrogen) atoms. The summed E-state index contributed by atoms with van der Waals surface area (Å²) in [7, 11) is -7.89. The van der Waals surface area contributed by atoms with Crippen LogP contribution in [0.3, 0.4) is 0 Å². The van der Waals surface area contributed by atoms with Gasteiger partial charge in [0.25, 0.3) is 10.0 Å². The number of rotatable bonds is 5. The minimum atomic E-state index is -4.11. The van der Waals surface area contributed by atoms with Crippen LogP contribution in [0.2, 0.25) is 0 Å². The Morgan fingerprint density at radius 2 is 1.50 bits per heavy atom. The SMILES string of the molecule is O=S(=O)(Nc1cc(S(=O)(=O)N2CCCCC2)ccc1O)c1ccc2c(c1)OCCO2. The zero-order valence-corrected chi connectivity index (χ0v) is 17.7. The molecule has 2 aliphatic heterocycles. The first-order valence-corrected chi connectivity index (χ1v) is 12.5. The van der Waals surface area contributed by atoms with E-state index < -0.39 is 20.0 Å². The normalized spacial score (nSPS) is 17.5. The highest BCUT2D eigenvalue weighted by Gasteiger charge is 2.27. The maximum absolute atomic E-state index is 12.9. The van der Waals surface area contributed by atoms with Crippen molar-refractivity contribution in [2.24, 2.45) is 0 Å². The maximum Gasteiger partial charge on any atom is 0.262 e. The van der Waals surface area contributed by atoms with E-state index in [0.717, 1.165) is 25.3 Å². The highest BCUT2D eigenvalue weighted by molar-refractivity contribution is 7.92. The van der Waals surface area contributed by atoms with Gasteiger partial charge in [0.05, 0.1) is 15.5 Å². The summed E-state index contributed by atoms with van der Waals surface area (Å²) in [6.07, 6.45) is 2.53. The summed E-state index contributed by atoms with van der Waals surface area (Å²) in [6.45, 7) is 1.52. The lowest BCUT2D eigenvalue weighted by Crippen LogP contribution is -2.35. The quantitative estimate of drug-likeness (QED) is 0.664. The Labute approximate surface area is 175 Å². The molecule has 162 valence electrons. The van der Waals surface area contributed by atoms with Gasteiger partial charge in [0, 0.05) is 19.2 Å². The number of nitrogens with one attached hydrogen (secondary N) is 1. The lowest BCUT2D eigenvalue weighted by molar-refractivity contribution is 0.171. The third-order valence-corrected chi connectivity index (χ3v) is 8.25. The molecule has 2 aromatic rings. The Hall–Kier alpha value is -2.50. The molecular weight excluding hydrogens is 432 g/mol. The molecule has 4 rings (SSSR count). The van der Waals surface area contributed by atoms with Crippen molar-refractivity contribution in [3.05, 3.63) is 36.4 Å². The highest BCUT2D eigenvalue weighted by Crippen LogP contribution is 2.34. The second-order valence-corrected chi connectivity index (χ2v) is 10.7. The number of phenolic OH excluding ortho intramolecular Hbond substituents is 1. The molecule has 9 nitrogen and oxygen atoms in total.